The number of nitrogens with one attached hydrogen (secondary N) is 1. The number of methoxy groups -OCH3 is 1. The van der Waals surface area contributed by atoms with E-state index in [2.05, 4.69) is 9.97 Å². The molecule has 1 aromatic carbocycles. The second-order valence-corrected chi connectivity index (χ2v) is 8.19. The molecule has 8 heteroatoms. The van der Waals surface area contributed by atoms with E-state index in [9.17, 15) is 14.4 Å². The predicted molar refractivity (Wildman–Crippen MR) is 132 cm³/mol. The molecule has 2 heterocycles. The lowest BCUT2D eigenvalue weighted by Crippen LogP contribution is -2.44. The lowest BCUT2D eigenvalue weighted by atomic mass is 9.99. The predicted octanol–water partition coefficient (Wildman–Crippen LogP) is 4.17. The second kappa shape index (κ2) is 11.5. The second-order valence-electron chi connectivity index (χ2n) is 8.19. The van der Waals surface area contributed by atoms with Gasteiger partial charge in [0.15, 0.2) is 5.78 Å². The summed E-state index contributed by atoms with van der Waals surface area (Å²) in [5.41, 5.74) is 2.94. The number of amides is 1. The highest BCUT2D eigenvalue weighted by molar-refractivity contribution is 6.07. The van der Waals surface area contributed by atoms with Crippen LogP contribution in [0.15, 0.2) is 48.7 Å². The minimum atomic E-state index is -0.791. The molecule has 0 spiro atoms. The Morgan fingerprint density at radius 3 is 2.54 bits per heavy atom. The molecule has 0 saturated heterocycles. The molecular formula is C27H31N3O5. The zero-order valence-electron chi connectivity index (χ0n) is 20.8. The van der Waals surface area contributed by atoms with Crippen molar-refractivity contribution in [2.24, 2.45) is 0 Å². The molecule has 0 bridgehead atoms. The van der Waals surface area contributed by atoms with Crippen LogP contribution >= 0.6 is 0 Å². The van der Waals surface area contributed by atoms with Gasteiger partial charge >= 0.3 is 5.97 Å². The van der Waals surface area contributed by atoms with Crippen LogP contribution in [0.5, 0.6) is 5.75 Å². The van der Waals surface area contributed by atoms with Gasteiger partial charge in [0.05, 0.1) is 19.8 Å². The number of rotatable bonds is 10. The minimum Gasteiger partial charge on any atom is -0.497 e. The largest absolute Gasteiger partial charge is 0.497 e. The number of aromatic nitrogens is 2. The molecule has 8 nitrogen and oxygen atoms in total. The SMILES string of the molecule is CCOC(=O)c1[nH]c(C)c(C(=O)C(C)N(CCc2ccccn2)C(=O)c2cccc(OC)c2)c1C. The summed E-state index contributed by atoms with van der Waals surface area (Å²) in [4.78, 5) is 48.5. The van der Waals surface area contributed by atoms with Crippen LogP contribution in [0, 0.1) is 13.8 Å². The summed E-state index contributed by atoms with van der Waals surface area (Å²) < 4.78 is 10.4. The van der Waals surface area contributed by atoms with Crippen LogP contribution in [0.3, 0.4) is 0 Å². The van der Waals surface area contributed by atoms with E-state index in [4.69, 9.17) is 9.47 Å². The number of pyridine rings is 1. The van der Waals surface area contributed by atoms with Crippen molar-refractivity contribution < 1.29 is 23.9 Å². The number of ether oxygens (including phenoxy) is 2. The van der Waals surface area contributed by atoms with Crippen LogP contribution in [-0.4, -0.2) is 58.8 Å². The minimum absolute atomic E-state index is 0.229. The maximum absolute atomic E-state index is 13.7. The standard InChI is InChI=1S/C27H31N3O5/c1-6-35-27(33)24-17(2)23(18(3)29-24)25(31)19(4)30(15-13-21-11-7-8-14-28-21)26(32)20-10-9-12-22(16-20)34-5/h7-12,14,16,19,29H,6,13,15H2,1-5H3. The third-order valence-electron chi connectivity index (χ3n) is 5.92. The molecule has 1 atom stereocenters. The number of esters is 1. The number of aromatic amines is 1. The van der Waals surface area contributed by atoms with Gasteiger partial charge in [-0.25, -0.2) is 4.79 Å². The summed E-state index contributed by atoms with van der Waals surface area (Å²) >= 11 is 0. The van der Waals surface area contributed by atoms with E-state index >= 15 is 0 Å². The van der Waals surface area contributed by atoms with Crippen molar-refractivity contribution >= 4 is 17.7 Å². The quantitative estimate of drug-likeness (QED) is 0.347. The smallest absolute Gasteiger partial charge is 0.355 e. The van der Waals surface area contributed by atoms with Gasteiger partial charge in [-0.1, -0.05) is 12.1 Å². The first-order valence-corrected chi connectivity index (χ1v) is 11.5. The summed E-state index contributed by atoms with van der Waals surface area (Å²) in [5.74, 6) is -0.517. The topological polar surface area (TPSA) is 102 Å². The van der Waals surface area contributed by atoms with Crippen molar-refractivity contribution in [1.82, 2.24) is 14.9 Å². The summed E-state index contributed by atoms with van der Waals surface area (Å²) in [6.07, 6.45) is 2.18. The molecule has 3 aromatic rings. The zero-order chi connectivity index (χ0) is 25.5. The van der Waals surface area contributed by atoms with Crippen LogP contribution in [-0.2, 0) is 11.2 Å². The van der Waals surface area contributed by atoms with Gasteiger partial charge in [-0.2, -0.15) is 0 Å². The molecule has 0 radical (unpaired) electrons. The fourth-order valence-electron chi connectivity index (χ4n) is 4.05. The average molecular weight is 478 g/mol. The Balaban J connectivity index is 1.95. The average Bonchev–Trinajstić information content (AvgIpc) is 3.17. The van der Waals surface area contributed by atoms with Gasteiger partial charge in [0, 0.05) is 41.7 Å². The third-order valence-corrected chi connectivity index (χ3v) is 5.92. The number of hydrogen-bond acceptors (Lipinski definition) is 6. The third kappa shape index (κ3) is 5.77. The molecule has 0 fully saturated rings. The molecule has 2 aromatic heterocycles. The van der Waals surface area contributed by atoms with Crippen LogP contribution < -0.4 is 4.74 Å². The molecule has 1 unspecified atom stereocenters. The van der Waals surface area contributed by atoms with Crippen LogP contribution in [0.4, 0.5) is 0 Å². The number of H-pyrrole nitrogens is 1. The van der Waals surface area contributed by atoms with Gasteiger partial charge in [-0.05, 0) is 63.6 Å². The van der Waals surface area contributed by atoms with E-state index in [1.807, 2.05) is 18.2 Å². The number of hydrogen-bond donors (Lipinski definition) is 1. The van der Waals surface area contributed by atoms with Crippen LogP contribution in [0.25, 0.3) is 0 Å². The number of Topliss-reactive ketones (excluding diaryl/α,β-unsaturated/α-hetero) is 1. The number of ketones is 1. The zero-order valence-corrected chi connectivity index (χ0v) is 20.8. The van der Waals surface area contributed by atoms with Gasteiger partial charge in [-0.3, -0.25) is 14.6 Å². The van der Waals surface area contributed by atoms with Gasteiger partial charge < -0.3 is 19.4 Å². The Labute approximate surface area is 205 Å². The Kier molecular flexibility index (Phi) is 8.41. The van der Waals surface area contributed by atoms with Crippen molar-refractivity contribution in [2.45, 2.75) is 40.2 Å². The maximum atomic E-state index is 13.7. The Bertz CT molecular complexity index is 1200. The van der Waals surface area contributed by atoms with E-state index in [0.717, 1.165) is 5.69 Å². The van der Waals surface area contributed by atoms with E-state index < -0.39 is 12.0 Å². The molecule has 0 aliphatic heterocycles. The molecule has 0 aliphatic rings. The number of carbonyl (C=O) groups is 3. The highest BCUT2D eigenvalue weighted by Crippen LogP contribution is 2.24. The van der Waals surface area contributed by atoms with Gasteiger partial charge in [-0.15, -0.1) is 0 Å². The number of nitrogens with zero attached hydrogens (tertiary/aromatic N) is 2. The van der Waals surface area contributed by atoms with E-state index in [0.29, 0.717) is 34.6 Å². The summed E-state index contributed by atoms with van der Waals surface area (Å²) in [6.45, 7) is 7.38. The fraction of sp³-hybridized carbons (Fsp3) is 0.333. The van der Waals surface area contributed by atoms with Crippen molar-refractivity contribution in [3.63, 3.8) is 0 Å². The first-order chi connectivity index (χ1) is 16.8. The molecule has 1 N–H and O–H groups in total. The van der Waals surface area contributed by atoms with Gasteiger partial charge in [0.1, 0.15) is 11.4 Å². The molecule has 1 amide bonds. The summed E-state index contributed by atoms with van der Waals surface area (Å²) in [5, 5.41) is 0. The van der Waals surface area contributed by atoms with Gasteiger partial charge in [0.2, 0.25) is 0 Å². The van der Waals surface area contributed by atoms with E-state index in [-0.39, 0.29) is 30.5 Å². The Morgan fingerprint density at radius 1 is 1.11 bits per heavy atom. The molecule has 0 aliphatic carbocycles. The summed E-state index contributed by atoms with van der Waals surface area (Å²) in [6, 6.07) is 11.6. The molecule has 3 rings (SSSR count). The van der Waals surface area contributed by atoms with Crippen molar-refractivity contribution in [1.29, 1.82) is 0 Å². The van der Waals surface area contributed by atoms with Crippen molar-refractivity contribution in [3.8, 4) is 5.75 Å². The lowest BCUT2D eigenvalue weighted by molar-refractivity contribution is 0.0519. The number of aryl methyl sites for hydroxylation is 1. The lowest BCUT2D eigenvalue weighted by Gasteiger charge is -2.29. The normalized spacial score (nSPS) is 11.6. The summed E-state index contributed by atoms with van der Waals surface area (Å²) in [7, 11) is 1.53. The van der Waals surface area contributed by atoms with E-state index in [1.165, 1.54) is 7.11 Å². The Morgan fingerprint density at radius 2 is 1.89 bits per heavy atom. The maximum Gasteiger partial charge on any atom is 0.355 e. The van der Waals surface area contributed by atoms with Gasteiger partial charge in [0.25, 0.3) is 5.91 Å². The van der Waals surface area contributed by atoms with Crippen molar-refractivity contribution in [3.05, 3.63) is 82.4 Å². The van der Waals surface area contributed by atoms with Crippen molar-refractivity contribution in [2.75, 3.05) is 20.3 Å². The molecule has 35 heavy (non-hydrogen) atoms. The molecule has 184 valence electrons. The first kappa shape index (κ1) is 25.7. The van der Waals surface area contributed by atoms with E-state index in [1.54, 1.807) is 63.1 Å². The highest BCUT2D eigenvalue weighted by Gasteiger charge is 2.32. The number of carbonyl (C=O) groups excluding carboxylic acids is 3. The monoisotopic (exact) mass is 477 g/mol. The molecular weight excluding hydrogens is 446 g/mol. The van der Waals surface area contributed by atoms with Crippen LogP contribution in [0.2, 0.25) is 0 Å². The molecule has 0 saturated carbocycles. The Hall–Kier alpha value is -3.94. The fourth-order valence-corrected chi connectivity index (χ4v) is 4.05. The highest BCUT2D eigenvalue weighted by atomic mass is 16.5. The first-order valence-electron chi connectivity index (χ1n) is 11.5. The number of benzene rings is 1. The van der Waals surface area contributed by atoms with Crippen LogP contribution in [0.1, 0.15) is 62.0 Å².